The summed E-state index contributed by atoms with van der Waals surface area (Å²) in [4.78, 5) is 25.1. The number of methoxy groups -OCH3 is 1. The Morgan fingerprint density at radius 1 is 1.08 bits per heavy atom. The van der Waals surface area contributed by atoms with Gasteiger partial charge in [-0.3, -0.25) is 9.78 Å². The van der Waals surface area contributed by atoms with E-state index < -0.39 is 0 Å². The molecule has 3 atom stereocenters. The van der Waals surface area contributed by atoms with Crippen LogP contribution in [0.2, 0.25) is 5.02 Å². The van der Waals surface area contributed by atoms with Crippen molar-refractivity contribution in [2.45, 2.75) is 64.0 Å². The minimum Gasteiger partial charge on any atom is -0.495 e. The lowest BCUT2D eigenvalue weighted by atomic mass is 9.87. The molecule has 0 radical (unpaired) electrons. The molecule has 3 aliphatic rings. The molecule has 7 nitrogen and oxygen atoms in total. The standard InChI is InChI=1S/C29H34ClN5O2/c1-37-26-9-8-22(18-25(26)30)28-32-27(20-10-12-31-13-11-20)33-35(28)15-14-34(23-4-2-3-5-23)29(36)24-17-19-6-7-21(24)16-19/h8-13,18-19,21,23-24H,2-7,14-17H2,1H3/t19-,21+,24?/m1/s1. The number of fused-ring (bicyclic) bond motifs is 2. The molecule has 6 rings (SSSR count). The van der Waals surface area contributed by atoms with Crippen LogP contribution in [0.3, 0.4) is 0 Å². The third kappa shape index (κ3) is 4.86. The highest BCUT2D eigenvalue weighted by Gasteiger charge is 2.45. The highest BCUT2D eigenvalue weighted by molar-refractivity contribution is 6.32. The van der Waals surface area contributed by atoms with Crippen LogP contribution in [0, 0.1) is 17.8 Å². The van der Waals surface area contributed by atoms with Crippen molar-refractivity contribution >= 4 is 17.5 Å². The van der Waals surface area contributed by atoms with Gasteiger partial charge in [-0.2, -0.15) is 5.10 Å². The van der Waals surface area contributed by atoms with Gasteiger partial charge < -0.3 is 9.64 Å². The molecule has 1 unspecified atom stereocenters. The Morgan fingerprint density at radius 3 is 2.57 bits per heavy atom. The topological polar surface area (TPSA) is 73.1 Å². The van der Waals surface area contributed by atoms with Gasteiger partial charge in [0, 0.05) is 42.0 Å². The first-order chi connectivity index (χ1) is 18.1. The Balaban J connectivity index is 1.30. The van der Waals surface area contributed by atoms with E-state index in [1.165, 1.54) is 32.1 Å². The zero-order chi connectivity index (χ0) is 25.4. The quantitative estimate of drug-likeness (QED) is 0.372. The van der Waals surface area contributed by atoms with E-state index in [1.54, 1.807) is 19.5 Å². The van der Waals surface area contributed by atoms with Crippen molar-refractivity contribution < 1.29 is 9.53 Å². The Morgan fingerprint density at radius 2 is 1.89 bits per heavy atom. The van der Waals surface area contributed by atoms with Gasteiger partial charge in [0.25, 0.3) is 0 Å². The molecule has 0 saturated heterocycles. The lowest BCUT2D eigenvalue weighted by molar-refractivity contribution is -0.139. The summed E-state index contributed by atoms with van der Waals surface area (Å²) in [5.74, 6) is 3.92. The van der Waals surface area contributed by atoms with Crippen LogP contribution >= 0.6 is 11.6 Å². The van der Waals surface area contributed by atoms with Crippen LogP contribution in [0.1, 0.15) is 51.4 Å². The molecule has 1 amide bonds. The predicted octanol–water partition coefficient (Wildman–Crippen LogP) is 5.88. The third-order valence-electron chi connectivity index (χ3n) is 8.68. The van der Waals surface area contributed by atoms with E-state index in [9.17, 15) is 4.79 Å². The van der Waals surface area contributed by atoms with Crippen LogP contribution in [0.4, 0.5) is 0 Å². The molecule has 194 valence electrons. The second kappa shape index (κ2) is 10.4. The predicted molar refractivity (Wildman–Crippen MR) is 143 cm³/mol. The minimum atomic E-state index is 0.211. The summed E-state index contributed by atoms with van der Waals surface area (Å²) in [6.07, 6.45) is 13.0. The molecule has 3 aliphatic carbocycles. The summed E-state index contributed by atoms with van der Waals surface area (Å²) in [5, 5.41) is 5.42. The molecule has 3 aromatic rings. The summed E-state index contributed by atoms with van der Waals surface area (Å²) in [5.41, 5.74) is 1.77. The van der Waals surface area contributed by atoms with Crippen LogP contribution < -0.4 is 4.74 Å². The smallest absolute Gasteiger partial charge is 0.226 e. The monoisotopic (exact) mass is 519 g/mol. The van der Waals surface area contributed by atoms with Crippen molar-refractivity contribution in [3.8, 4) is 28.5 Å². The number of ether oxygens (including phenoxy) is 1. The summed E-state index contributed by atoms with van der Waals surface area (Å²) in [6, 6.07) is 9.84. The molecular formula is C29H34ClN5O2. The van der Waals surface area contributed by atoms with Crippen molar-refractivity contribution in [2.24, 2.45) is 17.8 Å². The van der Waals surface area contributed by atoms with Gasteiger partial charge in [-0.25, -0.2) is 9.67 Å². The molecular weight excluding hydrogens is 486 g/mol. The van der Waals surface area contributed by atoms with E-state index in [4.69, 9.17) is 26.4 Å². The van der Waals surface area contributed by atoms with Crippen molar-refractivity contribution in [3.05, 3.63) is 47.7 Å². The molecule has 0 aliphatic heterocycles. The van der Waals surface area contributed by atoms with Gasteiger partial charge in [-0.05, 0) is 74.3 Å². The van der Waals surface area contributed by atoms with E-state index in [2.05, 4.69) is 9.88 Å². The minimum absolute atomic E-state index is 0.211. The van der Waals surface area contributed by atoms with E-state index in [0.717, 1.165) is 42.1 Å². The number of hydrogen-bond acceptors (Lipinski definition) is 5. The zero-order valence-corrected chi connectivity index (χ0v) is 22.1. The average Bonchev–Trinajstić information content (AvgIpc) is 3.74. The number of hydrogen-bond donors (Lipinski definition) is 0. The highest BCUT2D eigenvalue weighted by atomic mass is 35.5. The van der Waals surface area contributed by atoms with Crippen LogP contribution in [-0.2, 0) is 11.3 Å². The summed E-state index contributed by atoms with van der Waals surface area (Å²) < 4.78 is 7.28. The number of carbonyl (C=O) groups is 1. The number of benzene rings is 1. The molecule has 3 fully saturated rings. The van der Waals surface area contributed by atoms with Crippen LogP contribution in [0.15, 0.2) is 42.7 Å². The van der Waals surface area contributed by atoms with Gasteiger partial charge in [-0.1, -0.05) is 30.9 Å². The maximum absolute atomic E-state index is 13.9. The van der Waals surface area contributed by atoms with E-state index in [1.807, 2.05) is 35.0 Å². The molecule has 0 spiro atoms. The molecule has 8 heteroatoms. The fraction of sp³-hybridized carbons (Fsp3) is 0.517. The first-order valence-electron chi connectivity index (χ1n) is 13.6. The number of nitrogens with zero attached hydrogens (tertiary/aromatic N) is 5. The number of carbonyl (C=O) groups excluding carboxylic acids is 1. The second-order valence-electron chi connectivity index (χ2n) is 10.8. The van der Waals surface area contributed by atoms with Crippen LogP contribution in [0.5, 0.6) is 5.75 Å². The number of halogens is 1. The summed E-state index contributed by atoms with van der Waals surface area (Å²) in [7, 11) is 1.61. The van der Waals surface area contributed by atoms with E-state index in [0.29, 0.717) is 47.6 Å². The van der Waals surface area contributed by atoms with Crippen molar-refractivity contribution in [1.29, 1.82) is 0 Å². The Kier molecular flexibility index (Phi) is 6.89. The Bertz CT molecular complexity index is 1260. The molecule has 2 aromatic heterocycles. The third-order valence-corrected chi connectivity index (χ3v) is 8.97. The van der Waals surface area contributed by atoms with Gasteiger partial charge in [-0.15, -0.1) is 0 Å². The molecule has 3 saturated carbocycles. The molecule has 37 heavy (non-hydrogen) atoms. The highest BCUT2D eigenvalue weighted by Crippen LogP contribution is 2.49. The lowest BCUT2D eigenvalue weighted by Gasteiger charge is -2.34. The Labute approximate surface area is 223 Å². The normalized spacial score (nSPS) is 23.0. The molecule has 0 N–H and O–H groups in total. The molecule has 1 aromatic carbocycles. The fourth-order valence-corrected chi connectivity index (χ4v) is 7.05. The van der Waals surface area contributed by atoms with Crippen molar-refractivity contribution in [3.63, 3.8) is 0 Å². The van der Waals surface area contributed by atoms with Gasteiger partial charge in [0.1, 0.15) is 5.75 Å². The van der Waals surface area contributed by atoms with Gasteiger partial charge in [0.2, 0.25) is 5.91 Å². The SMILES string of the molecule is COc1ccc(-c2nc(-c3ccncc3)nn2CCN(C(=O)C2C[C@@H]3CC[C@H]2C3)C2CCCC2)cc1Cl. The fourth-order valence-electron chi connectivity index (χ4n) is 6.79. The van der Waals surface area contributed by atoms with Crippen molar-refractivity contribution in [2.75, 3.05) is 13.7 Å². The lowest BCUT2D eigenvalue weighted by Crippen LogP contribution is -2.45. The first-order valence-corrected chi connectivity index (χ1v) is 14.0. The average molecular weight is 520 g/mol. The van der Waals surface area contributed by atoms with Gasteiger partial charge in [0.15, 0.2) is 11.6 Å². The van der Waals surface area contributed by atoms with Gasteiger partial charge in [0.05, 0.1) is 18.7 Å². The second-order valence-corrected chi connectivity index (χ2v) is 11.2. The maximum atomic E-state index is 13.9. The Hall–Kier alpha value is -2.93. The molecule has 2 heterocycles. The van der Waals surface area contributed by atoms with E-state index >= 15 is 0 Å². The van der Waals surface area contributed by atoms with Crippen LogP contribution in [0.25, 0.3) is 22.8 Å². The number of rotatable bonds is 8. The van der Waals surface area contributed by atoms with E-state index in [-0.39, 0.29) is 5.92 Å². The van der Waals surface area contributed by atoms with Crippen molar-refractivity contribution in [1.82, 2.24) is 24.6 Å². The summed E-state index contributed by atoms with van der Waals surface area (Å²) in [6.45, 7) is 1.23. The largest absolute Gasteiger partial charge is 0.495 e. The van der Waals surface area contributed by atoms with Gasteiger partial charge >= 0.3 is 0 Å². The number of aromatic nitrogens is 4. The first kappa shape index (κ1) is 24.4. The number of pyridine rings is 1. The maximum Gasteiger partial charge on any atom is 0.226 e. The summed E-state index contributed by atoms with van der Waals surface area (Å²) >= 11 is 6.47. The zero-order valence-electron chi connectivity index (χ0n) is 21.4. The number of amides is 1. The van der Waals surface area contributed by atoms with Crippen LogP contribution in [-0.4, -0.2) is 50.3 Å². The molecule has 2 bridgehead atoms.